The number of carbonyl (C=O) groups excluding carboxylic acids is 1. The lowest BCUT2D eigenvalue weighted by Gasteiger charge is -2.14. The first-order valence-corrected chi connectivity index (χ1v) is 5.91. The summed E-state index contributed by atoms with van der Waals surface area (Å²) in [6.07, 6.45) is 1.94. The van der Waals surface area contributed by atoms with Gasteiger partial charge in [0, 0.05) is 19.1 Å². The van der Waals surface area contributed by atoms with Crippen LogP contribution in [0.15, 0.2) is 0 Å². The second-order valence-corrected chi connectivity index (χ2v) is 4.75. The molecule has 0 aromatic carbocycles. The van der Waals surface area contributed by atoms with Crippen LogP contribution in [0.1, 0.15) is 19.3 Å². The largest absolute Gasteiger partial charge is 0.481 e. The second kappa shape index (κ2) is 6.44. The van der Waals surface area contributed by atoms with Gasteiger partial charge in [-0.1, -0.05) is 0 Å². The summed E-state index contributed by atoms with van der Waals surface area (Å²) < 4.78 is 0. The maximum atomic E-state index is 11.5. The van der Waals surface area contributed by atoms with Gasteiger partial charge in [0.25, 0.3) is 0 Å². The van der Waals surface area contributed by atoms with Gasteiger partial charge in [-0.25, -0.2) is 4.79 Å². The van der Waals surface area contributed by atoms with E-state index in [2.05, 4.69) is 10.6 Å². The summed E-state index contributed by atoms with van der Waals surface area (Å²) in [5.41, 5.74) is 0. The summed E-state index contributed by atoms with van der Waals surface area (Å²) >= 11 is 0. The van der Waals surface area contributed by atoms with Crippen molar-refractivity contribution in [1.82, 2.24) is 15.5 Å². The van der Waals surface area contributed by atoms with Gasteiger partial charge in [-0.15, -0.1) is 0 Å². The van der Waals surface area contributed by atoms with Gasteiger partial charge in [0.1, 0.15) is 0 Å². The molecule has 1 aliphatic rings. The molecule has 2 atom stereocenters. The van der Waals surface area contributed by atoms with Crippen molar-refractivity contribution < 1.29 is 14.7 Å². The van der Waals surface area contributed by atoms with Gasteiger partial charge in [0.05, 0.1) is 5.92 Å². The van der Waals surface area contributed by atoms with Gasteiger partial charge in [0.2, 0.25) is 0 Å². The number of amides is 2. The molecule has 1 saturated carbocycles. The fourth-order valence-corrected chi connectivity index (χ4v) is 1.97. The van der Waals surface area contributed by atoms with Crippen LogP contribution in [-0.2, 0) is 4.79 Å². The molecular weight excluding hydrogens is 222 g/mol. The van der Waals surface area contributed by atoms with Crippen LogP contribution in [0.3, 0.4) is 0 Å². The van der Waals surface area contributed by atoms with E-state index in [-0.39, 0.29) is 18.0 Å². The third-order valence-electron chi connectivity index (χ3n) is 2.96. The Morgan fingerprint density at radius 1 is 1.35 bits per heavy atom. The number of likely N-dealkylation sites (N-methyl/N-ethyl adjacent to an activating group) is 1. The van der Waals surface area contributed by atoms with E-state index in [9.17, 15) is 9.59 Å². The van der Waals surface area contributed by atoms with E-state index in [0.29, 0.717) is 19.4 Å². The van der Waals surface area contributed by atoms with Crippen LogP contribution in [0.2, 0.25) is 0 Å². The number of hydrogen-bond acceptors (Lipinski definition) is 3. The fourth-order valence-electron chi connectivity index (χ4n) is 1.97. The quantitative estimate of drug-likeness (QED) is 0.639. The van der Waals surface area contributed by atoms with E-state index < -0.39 is 5.97 Å². The van der Waals surface area contributed by atoms with Crippen LogP contribution in [0.5, 0.6) is 0 Å². The number of nitrogens with zero attached hydrogens (tertiary/aromatic N) is 1. The van der Waals surface area contributed by atoms with Gasteiger partial charge in [-0.3, -0.25) is 4.79 Å². The highest BCUT2D eigenvalue weighted by molar-refractivity contribution is 5.75. The zero-order valence-corrected chi connectivity index (χ0v) is 10.4. The average molecular weight is 243 g/mol. The Kier molecular flexibility index (Phi) is 5.21. The molecule has 6 nitrogen and oxygen atoms in total. The fraction of sp³-hybridized carbons (Fsp3) is 0.818. The van der Waals surface area contributed by atoms with Crippen LogP contribution in [0.4, 0.5) is 4.79 Å². The number of carboxylic acid groups (broad SMARTS) is 1. The topological polar surface area (TPSA) is 81.7 Å². The summed E-state index contributed by atoms with van der Waals surface area (Å²) in [5.74, 6) is -1.07. The van der Waals surface area contributed by atoms with E-state index in [1.807, 2.05) is 19.0 Å². The molecular formula is C11H21N3O3. The third kappa shape index (κ3) is 5.04. The van der Waals surface area contributed by atoms with E-state index in [1.165, 1.54) is 0 Å². The summed E-state index contributed by atoms with van der Waals surface area (Å²) in [7, 11) is 3.88. The molecule has 2 amide bonds. The maximum absolute atomic E-state index is 11.5. The number of carbonyl (C=O) groups is 2. The standard InChI is InChI=1S/C11H21N3O3/c1-14(2)6-5-12-11(17)13-9-4-3-8(7-9)10(15)16/h8-9H,3-7H2,1-2H3,(H,15,16)(H2,12,13,17)/t8-,9+/m1/s1. The number of nitrogens with one attached hydrogen (secondary N) is 2. The summed E-state index contributed by atoms with van der Waals surface area (Å²) in [6.45, 7) is 1.38. The van der Waals surface area contributed by atoms with Gasteiger partial charge in [-0.05, 0) is 33.4 Å². The Morgan fingerprint density at radius 2 is 2.06 bits per heavy atom. The Morgan fingerprint density at radius 3 is 2.59 bits per heavy atom. The zero-order chi connectivity index (χ0) is 12.8. The van der Waals surface area contributed by atoms with Crippen LogP contribution in [0, 0.1) is 5.92 Å². The molecule has 1 aliphatic carbocycles. The normalized spacial score (nSPS) is 23.7. The SMILES string of the molecule is CN(C)CCNC(=O)N[C@H]1CC[C@@H](C(=O)O)C1. The minimum atomic E-state index is -0.762. The molecule has 0 radical (unpaired) electrons. The van der Waals surface area contributed by atoms with Crippen molar-refractivity contribution >= 4 is 12.0 Å². The number of carboxylic acids is 1. The number of aliphatic carboxylic acids is 1. The Bertz CT molecular complexity index is 281. The lowest BCUT2D eigenvalue weighted by molar-refractivity contribution is -0.141. The second-order valence-electron chi connectivity index (χ2n) is 4.75. The van der Waals surface area contributed by atoms with E-state index in [0.717, 1.165) is 13.0 Å². The van der Waals surface area contributed by atoms with Gasteiger partial charge in [0.15, 0.2) is 0 Å². The molecule has 0 saturated heterocycles. The van der Waals surface area contributed by atoms with E-state index in [1.54, 1.807) is 0 Å². The van der Waals surface area contributed by atoms with Gasteiger partial charge < -0.3 is 20.6 Å². The number of hydrogen-bond donors (Lipinski definition) is 3. The van der Waals surface area contributed by atoms with Crippen molar-refractivity contribution in [3.8, 4) is 0 Å². The molecule has 0 aliphatic heterocycles. The lowest BCUT2D eigenvalue weighted by atomic mass is 10.1. The highest BCUT2D eigenvalue weighted by Gasteiger charge is 2.30. The lowest BCUT2D eigenvalue weighted by Crippen LogP contribution is -2.43. The average Bonchev–Trinajstić information content (AvgIpc) is 2.65. The predicted octanol–water partition coefficient (Wildman–Crippen LogP) is 0.101. The number of rotatable bonds is 5. The van der Waals surface area contributed by atoms with Crippen LogP contribution in [0.25, 0.3) is 0 Å². The summed E-state index contributed by atoms with van der Waals surface area (Å²) in [5, 5.41) is 14.4. The molecule has 0 aromatic heterocycles. The highest BCUT2D eigenvalue weighted by atomic mass is 16.4. The molecule has 0 spiro atoms. The molecule has 3 N–H and O–H groups in total. The molecule has 0 heterocycles. The first-order valence-electron chi connectivity index (χ1n) is 5.91. The Balaban J connectivity index is 2.17. The first-order chi connectivity index (χ1) is 7.99. The van der Waals surface area contributed by atoms with Crippen molar-refractivity contribution in [3.05, 3.63) is 0 Å². The van der Waals surface area contributed by atoms with Crippen LogP contribution >= 0.6 is 0 Å². The van der Waals surface area contributed by atoms with Crippen LogP contribution in [-0.4, -0.2) is 55.2 Å². The van der Waals surface area contributed by atoms with Crippen molar-refractivity contribution in [3.63, 3.8) is 0 Å². The molecule has 1 fully saturated rings. The molecule has 0 unspecified atom stereocenters. The Labute approximate surface area is 101 Å². The predicted molar refractivity (Wildman–Crippen MR) is 63.9 cm³/mol. The zero-order valence-electron chi connectivity index (χ0n) is 10.4. The van der Waals surface area contributed by atoms with E-state index in [4.69, 9.17) is 5.11 Å². The summed E-state index contributed by atoms with van der Waals surface area (Å²) in [6, 6.07) is -0.210. The van der Waals surface area contributed by atoms with E-state index >= 15 is 0 Å². The van der Waals surface area contributed by atoms with Crippen molar-refractivity contribution in [2.45, 2.75) is 25.3 Å². The van der Waals surface area contributed by atoms with Crippen LogP contribution < -0.4 is 10.6 Å². The first kappa shape index (κ1) is 13.8. The minimum absolute atomic E-state index is 0.00421. The molecule has 1 rings (SSSR count). The van der Waals surface area contributed by atoms with Gasteiger partial charge >= 0.3 is 12.0 Å². The smallest absolute Gasteiger partial charge is 0.315 e. The summed E-state index contributed by atoms with van der Waals surface area (Å²) in [4.78, 5) is 24.2. The third-order valence-corrected chi connectivity index (χ3v) is 2.96. The monoisotopic (exact) mass is 243 g/mol. The molecule has 98 valence electrons. The van der Waals surface area contributed by atoms with Crippen molar-refractivity contribution in [1.29, 1.82) is 0 Å². The molecule has 0 aromatic rings. The van der Waals surface area contributed by atoms with Crippen molar-refractivity contribution in [2.75, 3.05) is 27.2 Å². The molecule has 6 heteroatoms. The highest BCUT2D eigenvalue weighted by Crippen LogP contribution is 2.25. The Hall–Kier alpha value is -1.30. The number of urea groups is 1. The minimum Gasteiger partial charge on any atom is -0.481 e. The molecule has 17 heavy (non-hydrogen) atoms. The maximum Gasteiger partial charge on any atom is 0.315 e. The van der Waals surface area contributed by atoms with Crippen molar-refractivity contribution in [2.24, 2.45) is 5.92 Å². The van der Waals surface area contributed by atoms with Gasteiger partial charge in [-0.2, -0.15) is 0 Å². The molecule has 0 bridgehead atoms.